The van der Waals surface area contributed by atoms with Gasteiger partial charge in [0.15, 0.2) is 0 Å². The standard InChI is InChI=1S/C18H23NO2/c1-19-18(13-20-12-17-7-4-10-21-17)16-9-8-14-5-2-3-6-15(14)11-16/h2-3,5-6,8-9,11,17-19H,4,7,10,12-13H2,1H3. The SMILES string of the molecule is CNC(COCC1CCCO1)c1ccc2ccccc2c1. The van der Waals surface area contributed by atoms with Gasteiger partial charge in [-0.05, 0) is 42.3 Å². The minimum absolute atomic E-state index is 0.219. The second kappa shape index (κ2) is 7.03. The Morgan fingerprint density at radius 3 is 2.86 bits per heavy atom. The summed E-state index contributed by atoms with van der Waals surface area (Å²) in [6, 6.07) is 15.3. The Morgan fingerprint density at radius 1 is 1.24 bits per heavy atom. The first-order valence-electron chi connectivity index (χ1n) is 7.72. The van der Waals surface area contributed by atoms with Crippen molar-refractivity contribution in [2.24, 2.45) is 0 Å². The van der Waals surface area contributed by atoms with Gasteiger partial charge in [0, 0.05) is 6.61 Å². The van der Waals surface area contributed by atoms with Crippen molar-refractivity contribution in [2.75, 3.05) is 26.9 Å². The van der Waals surface area contributed by atoms with Crippen molar-refractivity contribution in [2.45, 2.75) is 25.0 Å². The molecule has 1 N–H and O–H groups in total. The minimum Gasteiger partial charge on any atom is -0.377 e. The fourth-order valence-corrected chi connectivity index (χ4v) is 2.86. The second-order valence-corrected chi connectivity index (χ2v) is 5.62. The number of likely N-dealkylation sites (N-methyl/N-ethyl adjacent to an activating group) is 1. The molecule has 0 aromatic heterocycles. The summed E-state index contributed by atoms with van der Waals surface area (Å²) in [6.07, 6.45) is 2.58. The summed E-state index contributed by atoms with van der Waals surface area (Å²) in [5.41, 5.74) is 1.27. The molecule has 2 unspecified atom stereocenters. The smallest absolute Gasteiger partial charge is 0.0809 e. The number of benzene rings is 2. The topological polar surface area (TPSA) is 30.5 Å². The van der Waals surface area contributed by atoms with Crippen molar-refractivity contribution in [3.8, 4) is 0 Å². The highest BCUT2D eigenvalue weighted by Gasteiger charge is 2.17. The van der Waals surface area contributed by atoms with Crippen LogP contribution in [0.1, 0.15) is 24.4 Å². The van der Waals surface area contributed by atoms with E-state index in [9.17, 15) is 0 Å². The fourth-order valence-electron chi connectivity index (χ4n) is 2.86. The first-order valence-corrected chi connectivity index (χ1v) is 7.72. The molecule has 3 nitrogen and oxygen atoms in total. The molecule has 0 aliphatic carbocycles. The van der Waals surface area contributed by atoms with E-state index in [0.717, 1.165) is 19.4 Å². The Kier molecular flexibility index (Phi) is 4.86. The van der Waals surface area contributed by atoms with Crippen molar-refractivity contribution in [1.29, 1.82) is 0 Å². The molecule has 1 aliphatic rings. The highest BCUT2D eigenvalue weighted by atomic mass is 16.5. The van der Waals surface area contributed by atoms with Crippen LogP contribution in [0.3, 0.4) is 0 Å². The van der Waals surface area contributed by atoms with E-state index in [2.05, 4.69) is 47.8 Å². The molecule has 2 atom stereocenters. The van der Waals surface area contributed by atoms with Gasteiger partial charge < -0.3 is 14.8 Å². The summed E-state index contributed by atoms with van der Waals surface area (Å²) in [7, 11) is 1.98. The summed E-state index contributed by atoms with van der Waals surface area (Å²) in [4.78, 5) is 0. The van der Waals surface area contributed by atoms with Crippen LogP contribution in [0.5, 0.6) is 0 Å². The Balaban J connectivity index is 1.63. The molecular weight excluding hydrogens is 262 g/mol. The van der Waals surface area contributed by atoms with E-state index < -0.39 is 0 Å². The van der Waals surface area contributed by atoms with Crippen molar-refractivity contribution >= 4 is 10.8 Å². The molecule has 1 heterocycles. The van der Waals surface area contributed by atoms with E-state index in [-0.39, 0.29) is 6.04 Å². The van der Waals surface area contributed by atoms with Crippen LogP contribution in [-0.4, -0.2) is 33.0 Å². The van der Waals surface area contributed by atoms with Gasteiger partial charge in [-0.1, -0.05) is 36.4 Å². The molecule has 0 spiro atoms. The summed E-state index contributed by atoms with van der Waals surface area (Å²) >= 11 is 0. The van der Waals surface area contributed by atoms with Crippen molar-refractivity contribution in [3.05, 3.63) is 48.0 Å². The molecule has 1 fully saturated rings. The second-order valence-electron chi connectivity index (χ2n) is 5.62. The number of nitrogens with one attached hydrogen (secondary N) is 1. The minimum atomic E-state index is 0.219. The molecule has 2 aromatic rings. The molecule has 0 amide bonds. The van der Waals surface area contributed by atoms with Crippen molar-refractivity contribution in [3.63, 3.8) is 0 Å². The first-order chi connectivity index (χ1) is 10.4. The van der Waals surface area contributed by atoms with Crippen molar-refractivity contribution in [1.82, 2.24) is 5.32 Å². The monoisotopic (exact) mass is 285 g/mol. The van der Waals surface area contributed by atoms with Gasteiger partial charge in [0.05, 0.1) is 25.4 Å². The van der Waals surface area contributed by atoms with Gasteiger partial charge in [-0.2, -0.15) is 0 Å². The third-order valence-corrected chi connectivity index (χ3v) is 4.14. The van der Waals surface area contributed by atoms with Crippen LogP contribution in [0.15, 0.2) is 42.5 Å². The lowest BCUT2D eigenvalue weighted by Crippen LogP contribution is -2.24. The average molecular weight is 285 g/mol. The first kappa shape index (κ1) is 14.5. The molecule has 0 bridgehead atoms. The van der Waals surface area contributed by atoms with Gasteiger partial charge in [0.2, 0.25) is 0 Å². The quantitative estimate of drug-likeness (QED) is 0.883. The highest BCUT2D eigenvalue weighted by molar-refractivity contribution is 5.83. The van der Waals surface area contributed by atoms with E-state index >= 15 is 0 Å². The lowest BCUT2D eigenvalue weighted by atomic mass is 10.0. The van der Waals surface area contributed by atoms with Crippen LogP contribution < -0.4 is 5.32 Å². The zero-order valence-electron chi connectivity index (χ0n) is 12.5. The molecule has 0 radical (unpaired) electrons. The molecular formula is C18H23NO2. The number of ether oxygens (including phenoxy) is 2. The Bertz CT molecular complexity index is 578. The third-order valence-electron chi connectivity index (χ3n) is 4.14. The molecule has 1 aliphatic heterocycles. The highest BCUT2D eigenvalue weighted by Crippen LogP contribution is 2.21. The molecule has 3 heteroatoms. The van der Waals surface area contributed by atoms with Gasteiger partial charge in [0.1, 0.15) is 0 Å². The lowest BCUT2D eigenvalue weighted by molar-refractivity contribution is 0.0106. The molecule has 0 saturated carbocycles. The van der Waals surface area contributed by atoms with Crippen LogP contribution >= 0.6 is 0 Å². The zero-order valence-corrected chi connectivity index (χ0v) is 12.5. The maximum Gasteiger partial charge on any atom is 0.0809 e. The van der Waals surface area contributed by atoms with Crippen molar-refractivity contribution < 1.29 is 9.47 Å². The Morgan fingerprint density at radius 2 is 2.10 bits per heavy atom. The fraction of sp³-hybridized carbons (Fsp3) is 0.444. The van der Waals surface area contributed by atoms with E-state index in [4.69, 9.17) is 9.47 Å². The van der Waals surface area contributed by atoms with Crippen LogP contribution in [0.25, 0.3) is 10.8 Å². The predicted molar refractivity (Wildman–Crippen MR) is 85.5 cm³/mol. The molecule has 2 aromatic carbocycles. The maximum atomic E-state index is 5.85. The predicted octanol–water partition coefficient (Wildman–Crippen LogP) is 3.30. The normalized spacial score (nSPS) is 20.0. The van der Waals surface area contributed by atoms with Gasteiger partial charge in [-0.3, -0.25) is 0 Å². The van der Waals surface area contributed by atoms with Gasteiger partial charge in [-0.15, -0.1) is 0 Å². The van der Waals surface area contributed by atoms with E-state index in [1.807, 2.05) is 7.05 Å². The largest absolute Gasteiger partial charge is 0.377 e. The number of hydrogen-bond acceptors (Lipinski definition) is 3. The van der Waals surface area contributed by atoms with Gasteiger partial charge in [-0.25, -0.2) is 0 Å². The summed E-state index contributed by atoms with van der Waals surface area (Å²) < 4.78 is 11.4. The molecule has 21 heavy (non-hydrogen) atoms. The third kappa shape index (κ3) is 3.62. The van der Waals surface area contributed by atoms with Gasteiger partial charge in [0.25, 0.3) is 0 Å². The summed E-state index contributed by atoms with van der Waals surface area (Å²) in [5, 5.41) is 5.89. The Hall–Kier alpha value is -1.42. The van der Waals surface area contributed by atoms with Crippen LogP contribution in [0.4, 0.5) is 0 Å². The van der Waals surface area contributed by atoms with Gasteiger partial charge >= 0.3 is 0 Å². The molecule has 3 rings (SSSR count). The number of fused-ring (bicyclic) bond motifs is 1. The van der Waals surface area contributed by atoms with Crippen LogP contribution in [0.2, 0.25) is 0 Å². The summed E-state index contributed by atoms with van der Waals surface area (Å²) in [5.74, 6) is 0. The Labute approximate surface area is 126 Å². The van der Waals surface area contributed by atoms with E-state index in [1.165, 1.54) is 16.3 Å². The molecule has 112 valence electrons. The van der Waals surface area contributed by atoms with E-state index in [0.29, 0.717) is 19.3 Å². The molecule has 1 saturated heterocycles. The average Bonchev–Trinajstić information content (AvgIpc) is 3.04. The number of hydrogen-bond donors (Lipinski definition) is 1. The zero-order chi connectivity index (χ0) is 14.5. The van der Waals surface area contributed by atoms with E-state index in [1.54, 1.807) is 0 Å². The maximum absolute atomic E-state index is 5.85. The van der Waals surface area contributed by atoms with Crippen LogP contribution in [-0.2, 0) is 9.47 Å². The number of rotatable bonds is 6. The lowest BCUT2D eigenvalue weighted by Gasteiger charge is -2.19. The summed E-state index contributed by atoms with van der Waals surface area (Å²) in [6.45, 7) is 2.26. The van der Waals surface area contributed by atoms with Crippen LogP contribution in [0, 0.1) is 0 Å².